The van der Waals surface area contributed by atoms with Gasteiger partial charge in [-0.2, -0.15) is 4.99 Å². The zero-order chi connectivity index (χ0) is 22.5. The van der Waals surface area contributed by atoms with E-state index in [2.05, 4.69) is 9.73 Å². The SMILES string of the molecule is COC(=O)Cn1c(=NC(=O)/C=C/c2cccc([N+](=O)[O-])c2)sc2ccc([N+](=O)[O-])cc21. The van der Waals surface area contributed by atoms with Crippen LogP contribution in [0.5, 0.6) is 0 Å². The highest BCUT2D eigenvalue weighted by molar-refractivity contribution is 7.16. The molecule has 0 spiro atoms. The fourth-order valence-electron chi connectivity index (χ4n) is 2.64. The molecule has 0 saturated carbocycles. The molecule has 0 aliphatic heterocycles. The molecule has 0 radical (unpaired) electrons. The Morgan fingerprint density at radius 1 is 1.13 bits per heavy atom. The number of nitro benzene ring substituents is 2. The van der Waals surface area contributed by atoms with E-state index < -0.39 is 21.7 Å². The molecule has 0 unspecified atom stereocenters. The van der Waals surface area contributed by atoms with E-state index in [1.807, 2.05) is 0 Å². The predicted molar refractivity (Wildman–Crippen MR) is 111 cm³/mol. The monoisotopic (exact) mass is 442 g/mol. The second kappa shape index (κ2) is 9.09. The van der Waals surface area contributed by atoms with Gasteiger partial charge >= 0.3 is 5.97 Å². The second-order valence-corrected chi connectivity index (χ2v) is 7.10. The van der Waals surface area contributed by atoms with Crippen LogP contribution in [0.2, 0.25) is 0 Å². The largest absolute Gasteiger partial charge is 0.468 e. The Hall–Kier alpha value is -4.19. The molecule has 0 N–H and O–H groups in total. The van der Waals surface area contributed by atoms with E-state index in [0.29, 0.717) is 15.8 Å². The van der Waals surface area contributed by atoms with Crippen LogP contribution in [-0.4, -0.2) is 33.4 Å². The summed E-state index contributed by atoms with van der Waals surface area (Å²) < 4.78 is 6.61. The quantitative estimate of drug-likeness (QED) is 0.247. The lowest BCUT2D eigenvalue weighted by Crippen LogP contribution is -2.22. The molecule has 31 heavy (non-hydrogen) atoms. The molecule has 0 atom stereocenters. The molecule has 0 saturated heterocycles. The Morgan fingerprint density at radius 2 is 1.84 bits per heavy atom. The zero-order valence-corrected chi connectivity index (χ0v) is 16.8. The molecule has 3 aromatic rings. The van der Waals surface area contributed by atoms with Crippen LogP contribution >= 0.6 is 11.3 Å². The molecule has 0 aliphatic rings. The number of carbonyl (C=O) groups excluding carboxylic acids is 2. The van der Waals surface area contributed by atoms with Crippen molar-refractivity contribution in [2.24, 2.45) is 4.99 Å². The van der Waals surface area contributed by atoms with Crippen molar-refractivity contribution >= 4 is 50.9 Å². The highest BCUT2D eigenvalue weighted by atomic mass is 32.1. The van der Waals surface area contributed by atoms with E-state index in [-0.39, 0.29) is 22.7 Å². The van der Waals surface area contributed by atoms with Gasteiger partial charge in [-0.25, -0.2) is 0 Å². The van der Waals surface area contributed by atoms with Crippen LogP contribution in [0, 0.1) is 20.2 Å². The van der Waals surface area contributed by atoms with Gasteiger partial charge in [0.05, 0.1) is 27.2 Å². The van der Waals surface area contributed by atoms with Crippen molar-refractivity contribution in [1.82, 2.24) is 4.57 Å². The number of hydrogen-bond donors (Lipinski definition) is 0. The first-order valence-corrected chi connectivity index (χ1v) is 9.46. The third-order valence-electron chi connectivity index (χ3n) is 4.10. The maximum atomic E-state index is 12.3. The minimum atomic E-state index is -0.675. The number of aromatic nitrogens is 1. The summed E-state index contributed by atoms with van der Waals surface area (Å²) in [5.41, 5.74) is 0.506. The zero-order valence-electron chi connectivity index (χ0n) is 16.0. The predicted octanol–water partition coefficient (Wildman–Crippen LogP) is 2.83. The lowest BCUT2D eigenvalue weighted by Gasteiger charge is -2.03. The standard InChI is InChI=1S/C19H14N4O7S/c1-30-18(25)11-21-15-10-14(23(28)29)6-7-16(15)31-19(21)20-17(24)8-5-12-3-2-4-13(9-12)22(26)27/h2-10H,11H2,1H3/b8-5+,20-19?. The summed E-state index contributed by atoms with van der Waals surface area (Å²) in [6, 6.07) is 9.82. The molecule has 12 heteroatoms. The molecule has 3 rings (SSSR count). The van der Waals surface area contributed by atoms with Crippen molar-refractivity contribution in [3.63, 3.8) is 0 Å². The van der Waals surface area contributed by atoms with Crippen LogP contribution in [0.4, 0.5) is 11.4 Å². The number of benzene rings is 2. The number of methoxy groups -OCH3 is 1. The maximum Gasteiger partial charge on any atom is 0.325 e. The summed E-state index contributed by atoms with van der Waals surface area (Å²) in [7, 11) is 1.20. The smallest absolute Gasteiger partial charge is 0.325 e. The fraction of sp³-hybridized carbons (Fsp3) is 0.105. The molecule has 158 valence electrons. The van der Waals surface area contributed by atoms with Gasteiger partial charge in [0, 0.05) is 30.3 Å². The number of esters is 1. The Kier molecular flexibility index (Phi) is 6.31. The van der Waals surface area contributed by atoms with Gasteiger partial charge in [-0.1, -0.05) is 23.5 Å². The van der Waals surface area contributed by atoms with Gasteiger partial charge in [0.25, 0.3) is 17.3 Å². The number of hydrogen-bond acceptors (Lipinski definition) is 8. The van der Waals surface area contributed by atoms with E-state index in [9.17, 15) is 29.8 Å². The van der Waals surface area contributed by atoms with Gasteiger partial charge in [-0.15, -0.1) is 0 Å². The van der Waals surface area contributed by atoms with E-state index in [1.54, 1.807) is 6.07 Å². The number of nitrogens with zero attached hydrogens (tertiary/aromatic N) is 4. The first-order valence-electron chi connectivity index (χ1n) is 8.64. The highest BCUT2D eigenvalue weighted by Gasteiger charge is 2.15. The van der Waals surface area contributed by atoms with Crippen LogP contribution < -0.4 is 4.80 Å². The van der Waals surface area contributed by atoms with Crippen LogP contribution in [-0.2, 0) is 20.9 Å². The average molecular weight is 442 g/mol. The molecule has 0 fully saturated rings. The summed E-state index contributed by atoms with van der Waals surface area (Å²) in [5, 5.41) is 21.9. The summed E-state index contributed by atoms with van der Waals surface area (Å²) >= 11 is 1.08. The number of ether oxygens (including phenoxy) is 1. The van der Waals surface area contributed by atoms with Crippen LogP contribution in [0.25, 0.3) is 16.3 Å². The first kappa shape index (κ1) is 21.5. The van der Waals surface area contributed by atoms with E-state index in [0.717, 1.165) is 17.4 Å². The summed E-state index contributed by atoms with van der Waals surface area (Å²) in [4.78, 5) is 49.1. The van der Waals surface area contributed by atoms with Crippen LogP contribution in [0.1, 0.15) is 5.56 Å². The lowest BCUT2D eigenvalue weighted by molar-refractivity contribution is -0.385. The number of rotatable bonds is 6. The van der Waals surface area contributed by atoms with Gasteiger partial charge < -0.3 is 9.30 Å². The van der Waals surface area contributed by atoms with Crippen molar-refractivity contribution < 1.29 is 24.2 Å². The summed E-state index contributed by atoms with van der Waals surface area (Å²) in [6.07, 6.45) is 2.51. The van der Waals surface area contributed by atoms with Crippen molar-refractivity contribution in [2.75, 3.05) is 7.11 Å². The van der Waals surface area contributed by atoms with Gasteiger partial charge in [0.15, 0.2) is 4.80 Å². The third kappa shape index (κ3) is 5.05. The van der Waals surface area contributed by atoms with E-state index >= 15 is 0 Å². The van der Waals surface area contributed by atoms with Gasteiger partial charge in [-0.05, 0) is 17.7 Å². The minimum Gasteiger partial charge on any atom is -0.468 e. The molecule has 1 aromatic heterocycles. The molecule has 2 aromatic carbocycles. The molecule has 1 amide bonds. The molecular weight excluding hydrogens is 428 g/mol. The number of amides is 1. The van der Waals surface area contributed by atoms with Gasteiger partial charge in [0.1, 0.15) is 6.54 Å². The Balaban J connectivity index is 2.01. The van der Waals surface area contributed by atoms with E-state index in [1.165, 1.54) is 54.2 Å². The molecule has 0 aliphatic carbocycles. The number of thiazole rings is 1. The minimum absolute atomic E-state index is 0.117. The Bertz CT molecular complexity index is 1310. The van der Waals surface area contributed by atoms with Crippen LogP contribution in [0.3, 0.4) is 0 Å². The Labute approximate surface area is 177 Å². The van der Waals surface area contributed by atoms with Crippen molar-refractivity contribution in [1.29, 1.82) is 0 Å². The number of nitro groups is 2. The number of non-ortho nitro benzene ring substituents is 2. The third-order valence-corrected chi connectivity index (χ3v) is 5.16. The fourth-order valence-corrected chi connectivity index (χ4v) is 3.66. The van der Waals surface area contributed by atoms with Gasteiger partial charge in [0.2, 0.25) is 0 Å². The first-order chi connectivity index (χ1) is 14.8. The van der Waals surface area contributed by atoms with Gasteiger partial charge in [-0.3, -0.25) is 29.8 Å². The van der Waals surface area contributed by atoms with Crippen molar-refractivity contribution in [3.8, 4) is 0 Å². The van der Waals surface area contributed by atoms with Crippen LogP contribution in [0.15, 0.2) is 53.5 Å². The molecule has 1 heterocycles. The number of carbonyl (C=O) groups is 2. The molecule has 11 nitrogen and oxygen atoms in total. The Morgan fingerprint density at radius 3 is 2.52 bits per heavy atom. The van der Waals surface area contributed by atoms with Crippen molar-refractivity contribution in [2.45, 2.75) is 6.54 Å². The highest BCUT2D eigenvalue weighted by Crippen LogP contribution is 2.23. The average Bonchev–Trinajstić information content (AvgIpc) is 3.08. The van der Waals surface area contributed by atoms with E-state index in [4.69, 9.17) is 0 Å². The summed E-state index contributed by atoms with van der Waals surface area (Å²) in [6.45, 7) is -0.293. The summed E-state index contributed by atoms with van der Waals surface area (Å²) in [5.74, 6) is -1.29. The normalized spacial score (nSPS) is 11.7. The van der Waals surface area contributed by atoms with Crippen molar-refractivity contribution in [3.05, 3.63) is 79.1 Å². The maximum absolute atomic E-state index is 12.3. The molecule has 0 bridgehead atoms. The topological polar surface area (TPSA) is 147 Å². The second-order valence-electron chi connectivity index (χ2n) is 6.09. The lowest BCUT2D eigenvalue weighted by atomic mass is 10.2. The number of fused-ring (bicyclic) bond motifs is 1. The molecular formula is C19H14N4O7S.